The molecule has 4 nitrogen and oxygen atoms in total. The van der Waals surface area contributed by atoms with Crippen molar-refractivity contribution in [2.75, 3.05) is 6.54 Å². The molecule has 27 heavy (non-hydrogen) atoms. The molecule has 0 aliphatic carbocycles. The summed E-state index contributed by atoms with van der Waals surface area (Å²) in [6.07, 6.45) is 0.647. The highest BCUT2D eigenvalue weighted by atomic mass is 16.2. The molecule has 2 unspecified atom stereocenters. The van der Waals surface area contributed by atoms with Crippen LogP contribution in [-0.2, 0) is 11.2 Å². The van der Waals surface area contributed by atoms with Crippen LogP contribution in [0.1, 0.15) is 25.0 Å². The topological polar surface area (TPSA) is 49.4 Å². The standard InChI is InChI=1S/C23H26N2O2/c1-16(2)21-20(14-18-10-6-4-7-11-18)24-23(27)25(22(21)26)15-17(3)19-12-8-5-9-13-19/h4-13,16,20-21H,3,14-15H2,1-2H3,(H,24,27). The van der Waals surface area contributed by atoms with Crippen molar-refractivity contribution >= 4 is 17.5 Å². The average Bonchev–Trinajstić information content (AvgIpc) is 2.66. The molecule has 3 rings (SSSR count). The van der Waals surface area contributed by atoms with Gasteiger partial charge in [0.05, 0.1) is 12.5 Å². The van der Waals surface area contributed by atoms with E-state index in [0.29, 0.717) is 6.42 Å². The van der Waals surface area contributed by atoms with Crippen molar-refractivity contribution in [3.05, 3.63) is 78.4 Å². The predicted octanol–water partition coefficient (Wildman–Crippen LogP) is 4.14. The molecule has 1 saturated heterocycles. The zero-order chi connectivity index (χ0) is 19.4. The molecule has 1 N–H and O–H groups in total. The largest absolute Gasteiger partial charge is 0.334 e. The molecule has 0 radical (unpaired) electrons. The van der Waals surface area contributed by atoms with Crippen LogP contribution in [0, 0.1) is 11.8 Å². The quantitative estimate of drug-likeness (QED) is 0.840. The maximum Gasteiger partial charge on any atom is 0.324 e. The molecule has 2 atom stereocenters. The molecule has 1 fully saturated rings. The van der Waals surface area contributed by atoms with Gasteiger partial charge in [0.25, 0.3) is 0 Å². The molecule has 0 bridgehead atoms. The van der Waals surface area contributed by atoms with E-state index in [1.54, 1.807) is 0 Å². The third-order valence-corrected chi connectivity index (χ3v) is 5.09. The molecule has 0 aromatic heterocycles. The molecular formula is C23H26N2O2. The Morgan fingerprint density at radius 2 is 1.63 bits per heavy atom. The molecule has 3 amide bonds. The SMILES string of the molecule is C=C(CN1C(=O)NC(Cc2ccccc2)C(C(C)C)C1=O)c1ccccc1. The summed E-state index contributed by atoms with van der Waals surface area (Å²) in [6, 6.07) is 19.1. The molecule has 4 heteroatoms. The number of carbonyl (C=O) groups excluding carboxylic acids is 2. The first-order valence-electron chi connectivity index (χ1n) is 9.36. The van der Waals surface area contributed by atoms with E-state index in [4.69, 9.17) is 0 Å². The highest BCUT2D eigenvalue weighted by Crippen LogP contribution is 2.27. The van der Waals surface area contributed by atoms with Gasteiger partial charge >= 0.3 is 6.03 Å². The summed E-state index contributed by atoms with van der Waals surface area (Å²) < 4.78 is 0. The van der Waals surface area contributed by atoms with Gasteiger partial charge in [-0.15, -0.1) is 0 Å². The first kappa shape index (κ1) is 18.9. The molecular weight excluding hydrogens is 336 g/mol. The minimum atomic E-state index is -0.338. The van der Waals surface area contributed by atoms with Gasteiger partial charge in [-0.2, -0.15) is 0 Å². The minimum absolute atomic E-state index is 0.119. The zero-order valence-corrected chi connectivity index (χ0v) is 15.9. The van der Waals surface area contributed by atoms with Gasteiger partial charge in [0.1, 0.15) is 0 Å². The highest BCUT2D eigenvalue weighted by molar-refractivity contribution is 6.00. The Labute approximate surface area is 160 Å². The lowest BCUT2D eigenvalue weighted by atomic mass is 9.82. The Bertz CT molecular complexity index is 815. The van der Waals surface area contributed by atoms with Gasteiger partial charge in [-0.25, -0.2) is 4.79 Å². The fourth-order valence-corrected chi connectivity index (χ4v) is 3.68. The van der Waals surface area contributed by atoms with Crippen molar-refractivity contribution in [3.63, 3.8) is 0 Å². The van der Waals surface area contributed by atoms with Crippen LogP contribution in [0.5, 0.6) is 0 Å². The van der Waals surface area contributed by atoms with E-state index >= 15 is 0 Å². The van der Waals surface area contributed by atoms with Gasteiger partial charge in [0.15, 0.2) is 0 Å². The summed E-state index contributed by atoms with van der Waals surface area (Å²) in [5.41, 5.74) is 2.80. The number of nitrogens with one attached hydrogen (secondary N) is 1. The number of benzene rings is 2. The minimum Gasteiger partial charge on any atom is -0.334 e. The van der Waals surface area contributed by atoms with E-state index in [0.717, 1.165) is 16.7 Å². The summed E-state index contributed by atoms with van der Waals surface area (Å²) in [6.45, 7) is 8.34. The van der Waals surface area contributed by atoms with E-state index in [1.165, 1.54) is 4.90 Å². The number of urea groups is 1. The maximum absolute atomic E-state index is 13.2. The lowest BCUT2D eigenvalue weighted by molar-refractivity contribution is -0.136. The molecule has 140 valence electrons. The summed E-state index contributed by atoms with van der Waals surface area (Å²) >= 11 is 0. The number of rotatable bonds is 6. The Hall–Kier alpha value is -2.88. The molecule has 2 aromatic rings. The van der Waals surface area contributed by atoms with E-state index < -0.39 is 0 Å². The van der Waals surface area contributed by atoms with Crippen LogP contribution in [-0.4, -0.2) is 29.4 Å². The van der Waals surface area contributed by atoms with Crippen LogP contribution in [0.4, 0.5) is 4.79 Å². The summed E-state index contributed by atoms with van der Waals surface area (Å²) in [4.78, 5) is 27.2. The number of hydrogen-bond donors (Lipinski definition) is 1. The number of amides is 3. The average molecular weight is 362 g/mol. The Kier molecular flexibility index (Phi) is 5.75. The second-order valence-electron chi connectivity index (χ2n) is 7.41. The smallest absolute Gasteiger partial charge is 0.324 e. The normalized spacial score (nSPS) is 19.9. The van der Waals surface area contributed by atoms with E-state index in [1.807, 2.05) is 74.5 Å². The van der Waals surface area contributed by atoms with Crippen LogP contribution in [0.3, 0.4) is 0 Å². The first-order valence-corrected chi connectivity index (χ1v) is 9.36. The Morgan fingerprint density at radius 3 is 2.22 bits per heavy atom. The number of imide groups is 1. The Morgan fingerprint density at radius 1 is 1.04 bits per heavy atom. The third kappa shape index (κ3) is 4.27. The van der Waals surface area contributed by atoms with Crippen LogP contribution in [0.25, 0.3) is 5.57 Å². The van der Waals surface area contributed by atoms with Gasteiger partial charge in [0, 0.05) is 6.04 Å². The van der Waals surface area contributed by atoms with Gasteiger partial charge in [-0.1, -0.05) is 81.1 Å². The van der Waals surface area contributed by atoms with Crippen LogP contribution < -0.4 is 5.32 Å². The first-order chi connectivity index (χ1) is 13.0. The molecule has 2 aromatic carbocycles. The second-order valence-corrected chi connectivity index (χ2v) is 7.41. The third-order valence-electron chi connectivity index (χ3n) is 5.09. The van der Waals surface area contributed by atoms with Gasteiger partial charge < -0.3 is 5.32 Å². The van der Waals surface area contributed by atoms with Gasteiger partial charge in [0.2, 0.25) is 5.91 Å². The fraction of sp³-hybridized carbons (Fsp3) is 0.304. The van der Waals surface area contributed by atoms with E-state index in [-0.39, 0.29) is 36.4 Å². The van der Waals surface area contributed by atoms with Gasteiger partial charge in [-0.3, -0.25) is 9.69 Å². The van der Waals surface area contributed by atoms with Crippen molar-refractivity contribution in [3.8, 4) is 0 Å². The van der Waals surface area contributed by atoms with Crippen molar-refractivity contribution < 1.29 is 9.59 Å². The molecule has 1 aliphatic heterocycles. The highest BCUT2D eigenvalue weighted by Gasteiger charge is 2.42. The van der Waals surface area contributed by atoms with Crippen molar-refractivity contribution in [2.45, 2.75) is 26.3 Å². The van der Waals surface area contributed by atoms with E-state index in [2.05, 4.69) is 11.9 Å². The second kappa shape index (κ2) is 8.21. The van der Waals surface area contributed by atoms with Crippen LogP contribution >= 0.6 is 0 Å². The monoisotopic (exact) mass is 362 g/mol. The number of carbonyl (C=O) groups is 2. The fourth-order valence-electron chi connectivity index (χ4n) is 3.68. The Balaban J connectivity index is 1.78. The molecule has 0 spiro atoms. The zero-order valence-electron chi connectivity index (χ0n) is 15.9. The van der Waals surface area contributed by atoms with Crippen molar-refractivity contribution in [1.82, 2.24) is 10.2 Å². The molecule has 0 saturated carbocycles. The number of nitrogens with zero attached hydrogens (tertiary/aromatic N) is 1. The lowest BCUT2D eigenvalue weighted by Gasteiger charge is -2.39. The van der Waals surface area contributed by atoms with E-state index in [9.17, 15) is 9.59 Å². The van der Waals surface area contributed by atoms with Crippen molar-refractivity contribution in [2.24, 2.45) is 11.8 Å². The molecule has 1 aliphatic rings. The maximum atomic E-state index is 13.2. The van der Waals surface area contributed by atoms with Crippen molar-refractivity contribution in [1.29, 1.82) is 0 Å². The predicted molar refractivity (Wildman–Crippen MR) is 108 cm³/mol. The number of hydrogen-bond acceptors (Lipinski definition) is 2. The molecule has 1 heterocycles. The summed E-state index contributed by atoms with van der Waals surface area (Å²) in [5, 5.41) is 3.06. The summed E-state index contributed by atoms with van der Waals surface area (Å²) in [7, 11) is 0. The van der Waals surface area contributed by atoms with Crippen LogP contribution in [0.2, 0.25) is 0 Å². The van der Waals surface area contributed by atoms with Crippen LogP contribution in [0.15, 0.2) is 67.2 Å². The summed E-state index contributed by atoms with van der Waals surface area (Å²) in [5.74, 6) is -0.252. The lowest BCUT2D eigenvalue weighted by Crippen LogP contribution is -2.62. The van der Waals surface area contributed by atoms with Gasteiger partial charge in [-0.05, 0) is 29.0 Å².